The Kier molecular flexibility index (Phi) is 7.09. The van der Waals surface area contributed by atoms with Crippen LogP contribution in [0.15, 0.2) is 48.5 Å². The second-order valence-corrected chi connectivity index (χ2v) is 6.21. The smallest absolute Gasteiger partial charge is 0.119 e. The third-order valence-electron chi connectivity index (χ3n) is 3.72. The topological polar surface area (TPSA) is 41.9 Å². The Bertz CT molecular complexity index is 613. The van der Waals surface area contributed by atoms with Crippen LogP contribution in [-0.2, 0) is 0 Å². The van der Waals surface area contributed by atoms with Crippen molar-refractivity contribution in [3.63, 3.8) is 0 Å². The molecule has 4 nitrogen and oxygen atoms in total. The Balaban J connectivity index is 1.64. The first-order valence-electron chi connectivity index (χ1n) is 8.28. The van der Waals surface area contributed by atoms with Crippen LogP contribution in [-0.4, -0.2) is 49.5 Å². The molecule has 0 spiro atoms. The molecule has 0 aliphatic heterocycles. The Hall–Kier alpha value is -2.04. The molecule has 0 aliphatic rings. The van der Waals surface area contributed by atoms with Crippen LogP contribution in [0.2, 0.25) is 0 Å². The maximum atomic E-state index is 10.1. The minimum absolute atomic E-state index is 0.284. The van der Waals surface area contributed by atoms with Gasteiger partial charge < -0.3 is 19.5 Å². The largest absolute Gasteiger partial charge is 0.492 e. The number of benzene rings is 2. The molecule has 1 atom stereocenters. The highest BCUT2D eigenvalue weighted by Gasteiger charge is 2.09. The van der Waals surface area contributed by atoms with Crippen LogP contribution in [0.5, 0.6) is 11.5 Å². The van der Waals surface area contributed by atoms with Crippen molar-refractivity contribution in [3.8, 4) is 11.5 Å². The summed E-state index contributed by atoms with van der Waals surface area (Å²) in [7, 11) is 1.97. The Morgan fingerprint density at radius 3 is 2.42 bits per heavy atom. The van der Waals surface area contributed by atoms with Crippen LogP contribution in [0.3, 0.4) is 0 Å². The predicted octanol–water partition coefficient (Wildman–Crippen LogP) is 3.05. The third kappa shape index (κ3) is 6.60. The van der Waals surface area contributed by atoms with Gasteiger partial charge in [0.05, 0.1) is 0 Å². The van der Waals surface area contributed by atoms with Crippen molar-refractivity contribution < 1.29 is 14.6 Å². The van der Waals surface area contributed by atoms with Gasteiger partial charge in [-0.15, -0.1) is 0 Å². The Morgan fingerprint density at radius 2 is 1.71 bits per heavy atom. The molecule has 0 saturated carbocycles. The molecule has 1 unspecified atom stereocenters. The molecule has 0 radical (unpaired) electrons. The zero-order valence-corrected chi connectivity index (χ0v) is 14.7. The predicted molar refractivity (Wildman–Crippen MR) is 96.9 cm³/mol. The van der Waals surface area contributed by atoms with Gasteiger partial charge >= 0.3 is 0 Å². The lowest BCUT2D eigenvalue weighted by Crippen LogP contribution is -2.35. The van der Waals surface area contributed by atoms with Gasteiger partial charge in [0, 0.05) is 13.1 Å². The summed E-state index contributed by atoms with van der Waals surface area (Å²) in [5, 5.41) is 10.1. The second kappa shape index (κ2) is 9.30. The normalized spacial score (nSPS) is 12.2. The molecule has 1 N–H and O–H groups in total. The molecule has 2 rings (SSSR count). The summed E-state index contributed by atoms with van der Waals surface area (Å²) >= 11 is 0. The van der Waals surface area contributed by atoms with Crippen LogP contribution in [0.25, 0.3) is 0 Å². The van der Waals surface area contributed by atoms with E-state index in [1.165, 1.54) is 11.1 Å². The molecule has 0 amide bonds. The number of hydrogen-bond donors (Lipinski definition) is 1. The Morgan fingerprint density at radius 1 is 0.958 bits per heavy atom. The zero-order chi connectivity index (χ0) is 17.4. The van der Waals surface area contributed by atoms with Gasteiger partial charge in [0.2, 0.25) is 0 Å². The van der Waals surface area contributed by atoms with E-state index >= 15 is 0 Å². The first kappa shape index (κ1) is 18.3. The van der Waals surface area contributed by atoms with Gasteiger partial charge in [-0.1, -0.05) is 29.8 Å². The zero-order valence-electron chi connectivity index (χ0n) is 14.7. The monoisotopic (exact) mass is 329 g/mol. The average Bonchev–Trinajstić information content (AvgIpc) is 2.54. The number of likely N-dealkylation sites (N-methyl/N-ethyl adjacent to an activating group) is 1. The lowest BCUT2D eigenvalue weighted by atomic mass is 10.2. The SMILES string of the molecule is Cc1ccc(OCC(O)CN(C)CCOc2cccc(C)c2)cc1. The standard InChI is InChI=1S/C20H27NO3/c1-16-7-9-19(10-8-16)24-15-18(22)14-21(3)11-12-23-20-6-4-5-17(2)13-20/h4-10,13,18,22H,11-12,14-15H2,1-3H3. The fourth-order valence-electron chi connectivity index (χ4n) is 2.36. The van der Waals surface area contributed by atoms with Crippen molar-refractivity contribution in [2.24, 2.45) is 0 Å². The lowest BCUT2D eigenvalue weighted by Gasteiger charge is -2.21. The Labute approximate surface area is 144 Å². The molecule has 130 valence electrons. The number of nitrogens with zero attached hydrogens (tertiary/aromatic N) is 1. The molecule has 2 aromatic rings. The van der Waals surface area contributed by atoms with E-state index in [4.69, 9.17) is 9.47 Å². The summed E-state index contributed by atoms with van der Waals surface area (Å²) in [4.78, 5) is 2.04. The van der Waals surface area contributed by atoms with E-state index in [0.717, 1.165) is 18.0 Å². The van der Waals surface area contributed by atoms with Gasteiger partial charge in [0.25, 0.3) is 0 Å². The van der Waals surface area contributed by atoms with Gasteiger partial charge in [-0.25, -0.2) is 0 Å². The maximum absolute atomic E-state index is 10.1. The van der Waals surface area contributed by atoms with Crippen molar-refractivity contribution in [3.05, 3.63) is 59.7 Å². The van der Waals surface area contributed by atoms with E-state index in [2.05, 4.69) is 0 Å². The minimum atomic E-state index is -0.532. The average molecular weight is 329 g/mol. The van der Waals surface area contributed by atoms with Gasteiger partial charge in [-0.05, 0) is 50.7 Å². The fourth-order valence-corrected chi connectivity index (χ4v) is 2.36. The van der Waals surface area contributed by atoms with E-state index < -0.39 is 6.10 Å². The lowest BCUT2D eigenvalue weighted by molar-refractivity contribution is 0.0723. The van der Waals surface area contributed by atoms with Crippen LogP contribution in [0.4, 0.5) is 0 Å². The number of rotatable bonds is 9. The molecule has 24 heavy (non-hydrogen) atoms. The first-order valence-corrected chi connectivity index (χ1v) is 8.28. The van der Waals surface area contributed by atoms with Gasteiger partial charge in [0.15, 0.2) is 0 Å². The second-order valence-electron chi connectivity index (χ2n) is 6.21. The minimum Gasteiger partial charge on any atom is -0.492 e. The van der Waals surface area contributed by atoms with Crippen molar-refractivity contribution in [2.45, 2.75) is 20.0 Å². The summed E-state index contributed by atoms with van der Waals surface area (Å²) in [6, 6.07) is 15.8. The molecule has 0 bridgehead atoms. The summed E-state index contributed by atoms with van der Waals surface area (Å²) in [5.74, 6) is 1.66. The molecule has 4 heteroatoms. The van der Waals surface area contributed by atoms with Gasteiger partial charge in [-0.3, -0.25) is 0 Å². The number of ether oxygens (including phenoxy) is 2. The summed E-state index contributed by atoms with van der Waals surface area (Å²) in [6.07, 6.45) is -0.532. The maximum Gasteiger partial charge on any atom is 0.119 e. The van der Waals surface area contributed by atoms with E-state index in [0.29, 0.717) is 13.2 Å². The molecular weight excluding hydrogens is 302 g/mol. The number of aliphatic hydroxyl groups is 1. The van der Waals surface area contributed by atoms with Crippen LogP contribution in [0.1, 0.15) is 11.1 Å². The molecule has 0 heterocycles. The van der Waals surface area contributed by atoms with E-state index in [9.17, 15) is 5.11 Å². The van der Waals surface area contributed by atoms with Crippen molar-refractivity contribution in [1.29, 1.82) is 0 Å². The summed E-state index contributed by atoms with van der Waals surface area (Å²) < 4.78 is 11.3. The number of hydrogen-bond acceptors (Lipinski definition) is 4. The first-order chi connectivity index (χ1) is 11.5. The van der Waals surface area contributed by atoms with E-state index in [1.807, 2.05) is 74.3 Å². The third-order valence-corrected chi connectivity index (χ3v) is 3.72. The van der Waals surface area contributed by atoms with Gasteiger partial charge in [-0.2, -0.15) is 0 Å². The molecule has 0 saturated heterocycles. The quantitative estimate of drug-likeness (QED) is 0.768. The van der Waals surface area contributed by atoms with Crippen LogP contribution in [0, 0.1) is 13.8 Å². The molecule has 2 aromatic carbocycles. The summed E-state index contributed by atoms with van der Waals surface area (Å²) in [6.45, 7) is 6.24. The molecule has 0 fully saturated rings. The highest BCUT2D eigenvalue weighted by molar-refractivity contribution is 5.27. The van der Waals surface area contributed by atoms with Gasteiger partial charge in [0.1, 0.15) is 30.8 Å². The highest BCUT2D eigenvalue weighted by atomic mass is 16.5. The molecular formula is C20H27NO3. The fraction of sp³-hybridized carbons (Fsp3) is 0.400. The molecule has 0 aromatic heterocycles. The van der Waals surface area contributed by atoms with Crippen molar-refractivity contribution in [1.82, 2.24) is 4.90 Å². The number of aliphatic hydroxyl groups excluding tert-OH is 1. The van der Waals surface area contributed by atoms with Crippen LogP contribution >= 0.6 is 0 Å². The van der Waals surface area contributed by atoms with E-state index in [1.54, 1.807) is 0 Å². The highest BCUT2D eigenvalue weighted by Crippen LogP contribution is 2.13. The van der Waals surface area contributed by atoms with Crippen molar-refractivity contribution >= 4 is 0 Å². The van der Waals surface area contributed by atoms with Crippen molar-refractivity contribution in [2.75, 3.05) is 33.4 Å². The van der Waals surface area contributed by atoms with E-state index in [-0.39, 0.29) is 6.61 Å². The number of aryl methyl sites for hydroxylation is 2. The summed E-state index contributed by atoms with van der Waals surface area (Å²) in [5.41, 5.74) is 2.38. The molecule has 0 aliphatic carbocycles. The van der Waals surface area contributed by atoms with Crippen LogP contribution < -0.4 is 9.47 Å².